The summed E-state index contributed by atoms with van der Waals surface area (Å²) in [7, 11) is 0. The van der Waals surface area contributed by atoms with Crippen molar-refractivity contribution in [1.82, 2.24) is 20.2 Å². The van der Waals surface area contributed by atoms with Crippen molar-refractivity contribution in [2.45, 2.75) is 43.7 Å². The number of benzene rings is 1. The van der Waals surface area contributed by atoms with E-state index in [0.717, 1.165) is 28.6 Å². The lowest BCUT2D eigenvalue weighted by molar-refractivity contribution is -0.116. The number of carbonyl (C=O) groups excluding carboxylic acids is 1. The van der Waals surface area contributed by atoms with Crippen LogP contribution in [0.4, 0.5) is 5.13 Å². The fourth-order valence-electron chi connectivity index (χ4n) is 2.34. The maximum atomic E-state index is 12.3. The maximum absolute atomic E-state index is 12.3. The highest BCUT2D eigenvalue weighted by Crippen LogP contribution is 2.27. The summed E-state index contributed by atoms with van der Waals surface area (Å²) in [4.78, 5) is 31.2. The Balaban J connectivity index is 1.72. The lowest BCUT2D eigenvalue weighted by Gasteiger charge is -2.05. The molecule has 2 heterocycles. The van der Waals surface area contributed by atoms with Crippen molar-refractivity contribution in [3.63, 3.8) is 0 Å². The highest BCUT2D eigenvalue weighted by atomic mass is 32.2. The lowest BCUT2D eigenvalue weighted by atomic mass is 10.1. The predicted molar refractivity (Wildman–Crippen MR) is 105 cm³/mol. The number of amides is 1. The van der Waals surface area contributed by atoms with Crippen molar-refractivity contribution < 1.29 is 4.79 Å². The summed E-state index contributed by atoms with van der Waals surface area (Å²) in [6.45, 7) is 5.96. The van der Waals surface area contributed by atoms with E-state index in [9.17, 15) is 9.59 Å². The van der Waals surface area contributed by atoms with Crippen molar-refractivity contribution in [3.05, 3.63) is 39.3 Å². The minimum atomic E-state index is -0.200. The zero-order valence-corrected chi connectivity index (χ0v) is 16.4. The van der Waals surface area contributed by atoms with Crippen molar-refractivity contribution in [2.75, 3.05) is 5.32 Å². The van der Waals surface area contributed by atoms with Gasteiger partial charge in [0.2, 0.25) is 11.0 Å². The second-order valence-corrected chi connectivity index (χ2v) is 8.13. The Hall–Kier alpha value is -2.26. The first kappa shape index (κ1) is 18.5. The molecule has 0 fully saturated rings. The summed E-state index contributed by atoms with van der Waals surface area (Å²) in [6, 6.07) is 3.91. The summed E-state index contributed by atoms with van der Waals surface area (Å²) in [5.74, 6) is 0.314. The number of aryl methyl sites for hydroxylation is 2. The van der Waals surface area contributed by atoms with Crippen LogP contribution in [-0.4, -0.2) is 26.1 Å². The Morgan fingerprint density at radius 2 is 2.04 bits per heavy atom. The van der Waals surface area contributed by atoms with Gasteiger partial charge in [-0.3, -0.25) is 9.59 Å². The van der Waals surface area contributed by atoms with Gasteiger partial charge in [0.1, 0.15) is 5.69 Å². The zero-order chi connectivity index (χ0) is 18.7. The van der Waals surface area contributed by atoms with Gasteiger partial charge >= 0.3 is 0 Å². The highest BCUT2D eigenvalue weighted by Gasteiger charge is 2.11. The van der Waals surface area contributed by atoms with E-state index < -0.39 is 0 Å². The molecule has 0 saturated carbocycles. The molecule has 136 valence electrons. The number of aromatic amines is 1. The first-order valence-corrected chi connectivity index (χ1v) is 10.0. The van der Waals surface area contributed by atoms with E-state index in [1.807, 2.05) is 32.9 Å². The van der Waals surface area contributed by atoms with E-state index >= 15 is 0 Å². The standard InChI is InChI=1S/C17H19N5O2S2/c1-4-5-14(23)20-16-21-22-17(26-16)25-8-13-15(24)19-12-7-10(3)9(2)6-11(12)18-13/h6-7H,4-5,8H2,1-3H3,(H,19,24)(H,20,21,23). The number of hydrogen-bond acceptors (Lipinski definition) is 7. The van der Waals surface area contributed by atoms with Crippen molar-refractivity contribution >= 4 is 45.2 Å². The normalized spacial score (nSPS) is 11.0. The third-order valence-corrected chi connectivity index (χ3v) is 5.82. The van der Waals surface area contributed by atoms with Gasteiger partial charge in [-0.05, 0) is 43.5 Å². The molecule has 2 aromatic heterocycles. The Kier molecular flexibility index (Phi) is 5.67. The number of thioether (sulfide) groups is 1. The van der Waals surface area contributed by atoms with Gasteiger partial charge in [0.05, 0.1) is 11.0 Å². The molecule has 9 heteroatoms. The molecular formula is C17H19N5O2S2. The molecule has 0 aliphatic carbocycles. The zero-order valence-electron chi connectivity index (χ0n) is 14.8. The molecule has 0 aliphatic heterocycles. The molecule has 7 nitrogen and oxygen atoms in total. The lowest BCUT2D eigenvalue weighted by Crippen LogP contribution is -2.14. The van der Waals surface area contributed by atoms with Crippen molar-refractivity contribution in [2.24, 2.45) is 0 Å². The van der Waals surface area contributed by atoms with E-state index in [2.05, 4.69) is 25.5 Å². The summed E-state index contributed by atoms with van der Waals surface area (Å²) in [5, 5.41) is 11.2. The molecule has 0 unspecified atom stereocenters. The van der Waals surface area contributed by atoms with Gasteiger partial charge in [0, 0.05) is 12.2 Å². The number of carbonyl (C=O) groups is 1. The molecule has 0 atom stereocenters. The summed E-state index contributed by atoms with van der Waals surface area (Å²) in [6.07, 6.45) is 1.24. The van der Waals surface area contributed by atoms with E-state index in [-0.39, 0.29) is 11.5 Å². The molecule has 0 radical (unpaired) electrons. The number of anilines is 1. The average Bonchev–Trinajstić information content (AvgIpc) is 3.02. The smallest absolute Gasteiger partial charge is 0.271 e. The minimum Gasteiger partial charge on any atom is -0.319 e. The van der Waals surface area contributed by atoms with Crippen LogP contribution in [0.2, 0.25) is 0 Å². The van der Waals surface area contributed by atoms with E-state index in [1.54, 1.807) is 0 Å². The van der Waals surface area contributed by atoms with Crippen LogP contribution in [-0.2, 0) is 10.5 Å². The summed E-state index contributed by atoms with van der Waals surface area (Å²) in [5.41, 5.74) is 4.00. The quantitative estimate of drug-likeness (QED) is 0.495. The highest BCUT2D eigenvalue weighted by molar-refractivity contribution is 8.00. The van der Waals surface area contributed by atoms with Crippen LogP contribution >= 0.6 is 23.1 Å². The molecule has 0 bridgehead atoms. The van der Waals surface area contributed by atoms with Gasteiger partial charge < -0.3 is 10.3 Å². The van der Waals surface area contributed by atoms with Crippen LogP contribution in [0.1, 0.15) is 36.6 Å². The second kappa shape index (κ2) is 7.96. The van der Waals surface area contributed by atoms with Crippen LogP contribution in [0.5, 0.6) is 0 Å². The topological polar surface area (TPSA) is 101 Å². The van der Waals surface area contributed by atoms with Crippen LogP contribution in [0.15, 0.2) is 21.3 Å². The molecule has 26 heavy (non-hydrogen) atoms. The molecule has 0 aliphatic rings. The SMILES string of the molecule is CCCC(=O)Nc1nnc(SCc2nc3cc(C)c(C)cc3[nH]c2=O)s1. The monoisotopic (exact) mass is 389 g/mol. The van der Waals surface area contributed by atoms with Crippen LogP contribution in [0, 0.1) is 13.8 Å². The number of fused-ring (bicyclic) bond motifs is 1. The van der Waals surface area contributed by atoms with Crippen LogP contribution < -0.4 is 10.9 Å². The van der Waals surface area contributed by atoms with Gasteiger partial charge in [-0.1, -0.05) is 30.0 Å². The Morgan fingerprint density at radius 1 is 1.27 bits per heavy atom. The fourth-order valence-corrected chi connectivity index (χ4v) is 4.04. The molecule has 0 saturated heterocycles. The Labute approximate surface area is 158 Å². The molecule has 1 aromatic carbocycles. The van der Waals surface area contributed by atoms with Gasteiger partial charge in [-0.2, -0.15) is 0 Å². The van der Waals surface area contributed by atoms with Gasteiger partial charge in [-0.25, -0.2) is 4.98 Å². The summed E-state index contributed by atoms with van der Waals surface area (Å²) >= 11 is 2.66. The fraction of sp³-hybridized carbons (Fsp3) is 0.353. The molecule has 1 amide bonds. The van der Waals surface area contributed by atoms with Crippen molar-refractivity contribution in [1.29, 1.82) is 0 Å². The predicted octanol–water partition coefficient (Wildman–Crippen LogP) is 3.42. The third kappa shape index (κ3) is 4.28. The molecule has 2 N–H and O–H groups in total. The van der Waals surface area contributed by atoms with E-state index in [0.29, 0.717) is 27.3 Å². The van der Waals surface area contributed by atoms with Crippen LogP contribution in [0.25, 0.3) is 11.0 Å². The number of H-pyrrole nitrogens is 1. The Bertz CT molecular complexity index is 1010. The number of aromatic nitrogens is 4. The van der Waals surface area contributed by atoms with E-state index in [1.165, 1.54) is 23.1 Å². The number of nitrogens with one attached hydrogen (secondary N) is 2. The molecule has 3 aromatic rings. The van der Waals surface area contributed by atoms with Gasteiger partial charge in [0.25, 0.3) is 5.56 Å². The summed E-state index contributed by atoms with van der Waals surface area (Å²) < 4.78 is 0.679. The van der Waals surface area contributed by atoms with Crippen molar-refractivity contribution in [3.8, 4) is 0 Å². The minimum absolute atomic E-state index is 0.0708. The molecule has 3 rings (SSSR count). The Morgan fingerprint density at radius 3 is 2.81 bits per heavy atom. The number of hydrogen-bond donors (Lipinski definition) is 2. The first-order valence-electron chi connectivity index (χ1n) is 8.22. The second-order valence-electron chi connectivity index (χ2n) is 5.93. The van der Waals surface area contributed by atoms with Crippen LogP contribution in [0.3, 0.4) is 0 Å². The first-order chi connectivity index (χ1) is 12.5. The average molecular weight is 390 g/mol. The maximum Gasteiger partial charge on any atom is 0.271 e. The largest absolute Gasteiger partial charge is 0.319 e. The van der Waals surface area contributed by atoms with Gasteiger partial charge in [0.15, 0.2) is 4.34 Å². The van der Waals surface area contributed by atoms with Gasteiger partial charge in [-0.15, -0.1) is 10.2 Å². The van der Waals surface area contributed by atoms with E-state index in [4.69, 9.17) is 0 Å². The molecule has 0 spiro atoms. The third-order valence-electron chi connectivity index (χ3n) is 3.84. The number of rotatable bonds is 6. The molecular weight excluding hydrogens is 370 g/mol. The number of nitrogens with zero attached hydrogens (tertiary/aromatic N) is 3.